The van der Waals surface area contributed by atoms with Crippen LogP contribution in [0.1, 0.15) is 54.7 Å². The lowest BCUT2D eigenvalue weighted by Gasteiger charge is -2.31. The summed E-state index contributed by atoms with van der Waals surface area (Å²) in [6.07, 6.45) is 4.99. The van der Waals surface area contributed by atoms with Gasteiger partial charge in [0, 0.05) is 29.9 Å². The van der Waals surface area contributed by atoms with E-state index in [4.69, 9.17) is 9.40 Å². The van der Waals surface area contributed by atoms with Crippen molar-refractivity contribution in [1.82, 2.24) is 35.0 Å². The molecule has 4 heterocycles. The fraction of sp³-hybridized carbons (Fsp3) is 0.375. The predicted octanol–water partition coefficient (Wildman–Crippen LogP) is 5.33. The van der Waals surface area contributed by atoms with Crippen LogP contribution in [-0.4, -0.2) is 101 Å². The molecule has 5 aromatic rings. The maximum Gasteiger partial charge on any atom is 0.249 e. The largest absolute Gasteiger partial charge is 0.436 e. The molecular weight excluding hydrogens is 656 g/mol. The lowest BCUT2D eigenvalue weighted by atomic mass is 10.0. The Morgan fingerprint density at radius 3 is 2.50 bits per heavy atom. The first kappa shape index (κ1) is 35.1. The molecule has 0 saturated carbocycles. The number of anilines is 1. The molecule has 2 saturated heterocycles. The summed E-state index contributed by atoms with van der Waals surface area (Å²) >= 11 is 0. The number of hydrogen-bond acceptors (Lipinski definition) is 9. The molecule has 2 aromatic heterocycles. The predicted molar refractivity (Wildman–Crippen MR) is 200 cm³/mol. The van der Waals surface area contributed by atoms with Crippen LogP contribution < -0.4 is 10.2 Å². The second-order valence-electron chi connectivity index (χ2n) is 14.4. The fourth-order valence-corrected chi connectivity index (χ4v) is 7.57. The minimum Gasteiger partial charge on any atom is -0.436 e. The zero-order valence-electron chi connectivity index (χ0n) is 30.4. The number of imide groups is 1. The lowest BCUT2D eigenvalue weighted by molar-refractivity contribution is -0.137. The molecule has 3 aromatic carbocycles. The van der Waals surface area contributed by atoms with Gasteiger partial charge in [0.05, 0.1) is 29.8 Å². The number of carbonyl (C=O) groups is 3. The maximum atomic E-state index is 14.0. The van der Waals surface area contributed by atoms with Gasteiger partial charge in [-0.1, -0.05) is 36.4 Å². The molecule has 2 aliphatic rings. The summed E-state index contributed by atoms with van der Waals surface area (Å²) in [5.41, 5.74) is 6.23. The van der Waals surface area contributed by atoms with Crippen molar-refractivity contribution in [1.29, 1.82) is 0 Å². The number of aromatic nitrogens is 3. The van der Waals surface area contributed by atoms with Gasteiger partial charge in [0.25, 0.3) is 0 Å². The van der Waals surface area contributed by atoms with E-state index in [0.29, 0.717) is 31.2 Å². The number of amides is 3. The average molecular weight is 703 g/mol. The quantitative estimate of drug-likeness (QED) is 0.198. The minimum atomic E-state index is -0.432. The van der Waals surface area contributed by atoms with Crippen molar-refractivity contribution in [2.45, 2.75) is 50.7 Å². The molecule has 270 valence electrons. The molecule has 12 nitrogen and oxygen atoms in total. The fourth-order valence-electron chi connectivity index (χ4n) is 7.57. The molecule has 2 aliphatic heterocycles. The number of nitrogens with zero attached hydrogens (tertiary/aromatic N) is 6. The number of H-pyrrole nitrogens is 1. The summed E-state index contributed by atoms with van der Waals surface area (Å²) in [7, 11) is 7.48. The van der Waals surface area contributed by atoms with Gasteiger partial charge in [-0.3, -0.25) is 24.6 Å². The molecule has 7 rings (SSSR count). The zero-order valence-corrected chi connectivity index (χ0v) is 30.4. The van der Waals surface area contributed by atoms with Gasteiger partial charge < -0.3 is 24.1 Å². The number of likely N-dealkylation sites (N-methyl/N-ethyl adjacent to an activating group) is 2. The molecule has 3 atom stereocenters. The van der Waals surface area contributed by atoms with Gasteiger partial charge in [-0.2, -0.15) is 0 Å². The molecule has 2 fully saturated rings. The van der Waals surface area contributed by atoms with E-state index in [2.05, 4.69) is 20.2 Å². The first-order valence-electron chi connectivity index (χ1n) is 17.9. The Hall–Kier alpha value is -5.33. The van der Waals surface area contributed by atoms with Crippen LogP contribution >= 0.6 is 0 Å². The SMILES string of the molecule is Cc1ccc(-c2ncc(-c3ccc4[nH]c([C@@H]5CCCN5C(=O)[C@@H](c5ccccc5)N(C)C)nc4c3)o2)cc1N1CCC[C@H]1C(=O)NC(=O)CN(C)C. The Morgan fingerprint density at radius 2 is 1.73 bits per heavy atom. The smallest absolute Gasteiger partial charge is 0.249 e. The number of fused-ring (bicyclic) bond motifs is 1. The third-order valence-electron chi connectivity index (χ3n) is 10.1. The molecular formula is C40H46N8O4. The van der Waals surface area contributed by atoms with Gasteiger partial charge in [0.15, 0.2) is 5.76 Å². The highest BCUT2D eigenvalue weighted by Crippen LogP contribution is 2.37. The number of benzene rings is 3. The van der Waals surface area contributed by atoms with E-state index >= 15 is 0 Å². The average Bonchev–Trinajstić information content (AvgIpc) is 3.94. The zero-order chi connectivity index (χ0) is 36.5. The van der Waals surface area contributed by atoms with Crippen LogP contribution in [0.15, 0.2) is 77.3 Å². The van der Waals surface area contributed by atoms with E-state index in [0.717, 1.165) is 64.1 Å². The van der Waals surface area contributed by atoms with E-state index in [1.165, 1.54) is 0 Å². The number of nitrogens with one attached hydrogen (secondary N) is 2. The van der Waals surface area contributed by atoms with Crippen molar-refractivity contribution in [3.05, 3.63) is 89.9 Å². The number of rotatable bonds is 10. The molecule has 0 bridgehead atoms. The molecule has 0 radical (unpaired) electrons. The van der Waals surface area contributed by atoms with Crippen LogP contribution in [0, 0.1) is 6.92 Å². The number of likely N-dealkylation sites (tertiary alicyclic amines) is 1. The highest BCUT2D eigenvalue weighted by molar-refractivity contribution is 6.00. The molecule has 52 heavy (non-hydrogen) atoms. The Kier molecular flexibility index (Phi) is 9.94. The number of imidazole rings is 1. The number of hydrogen-bond donors (Lipinski definition) is 2. The van der Waals surface area contributed by atoms with Crippen molar-refractivity contribution in [3.8, 4) is 22.8 Å². The standard InChI is InChI=1S/C40H46N8O4/c1-25-15-16-28(22-33(25)47-19-10-14-32(47)38(50)44-35(49)24-45(2)3)39-41-23-34(52-39)27-17-18-29-30(21-27)43-37(42-29)31-13-9-20-48(31)40(51)36(46(4)5)26-11-7-6-8-12-26/h6-8,11-12,15-18,21-23,31-32,36H,9-10,13-14,19-20,24H2,1-5H3,(H,42,43)(H,44,49,50)/t31-,32-,36+/m0/s1. The van der Waals surface area contributed by atoms with Gasteiger partial charge in [0.2, 0.25) is 23.6 Å². The topological polar surface area (TPSA) is 131 Å². The molecule has 2 N–H and O–H groups in total. The first-order chi connectivity index (χ1) is 25.1. The van der Waals surface area contributed by atoms with Crippen molar-refractivity contribution >= 4 is 34.4 Å². The van der Waals surface area contributed by atoms with Crippen LogP contribution in [0.4, 0.5) is 5.69 Å². The summed E-state index contributed by atoms with van der Waals surface area (Å²) in [6.45, 7) is 3.57. The number of aryl methyl sites for hydroxylation is 1. The minimum absolute atomic E-state index is 0.0759. The third kappa shape index (κ3) is 7.08. The summed E-state index contributed by atoms with van der Waals surface area (Å²) in [5, 5.41) is 2.57. The van der Waals surface area contributed by atoms with Gasteiger partial charge in [-0.25, -0.2) is 9.97 Å². The van der Waals surface area contributed by atoms with Crippen LogP contribution in [0.25, 0.3) is 33.8 Å². The normalized spacial score (nSPS) is 18.1. The number of aromatic amines is 1. The number of oxazole rings is 1. The number of carbonyl (C=O) groups excluding carboxylic acids is 3. The summed E-state index contributed by atoms with van der Waals surface area (Å²) in [5.74, 6) is 1.35. The van der Waals surface area contributed by atoms with E-state index in [1.807, 2.05) is 97.5 Å². The second kappa shape index (κ2) is 14.7. The van der Waals surface area contributed by atoms with Crippen LogP contribution in [0.5, 0.6) is 0 Å². The van der Waals surface area contributed by atoms with E-state index in [1.54, 1.807) is 25.2 Å². The Morgan fingerprint density at radius 1 is 0.962 bits per heavy atom. The van der Waals surface area contributed by atoms with Crippen molar-refractivity contribution in [2.75, 3.05) is 52.7 Å². The molecule has 0 aliphatic carbocycles. The molecule has 3 amide bonds. The molecule has 0 spiro atoms. The van der Waals surface area contributed by atoms with Crippen LogP contribution in [0.2, 0.25) is 0 Å². The molecule has 12 heteroatoms. The first-order valence-corrected chi connectivity index (χ1v) is 17.9. The highest BCUT2D eigenvalue weighted by atomic mass is 16.4. The summed E-state index contributed by atoms with van der Waals surface area (Å²) in [6, 6.07) is 20.9. The van der Waals surface area contributed by atoms with Crippen LogP contribution in [-0.2, 0) is 14.4 Å². The van der Waals surface area contributed by atoms with Crippen molar-refractivity contribution in [2.24, 2.45) is 0 Å². The third-order valence-corrected chi connectivity index (χ3v) is 10.1. The Bertz CT molecular complexity index is 2090. The van der Waals surface area contributed by atoms with Crippen LogP contribution in [0.3, 0.4) is 0 Å². The van der Waals surface area contributed by atoms with Gasteiger partial charge in [-0.15, -0.1) is 0 Å². The van der Waals surface area contributed by atoms with Gasteiger partial charge >= 0.3 is 0 Å². The lowest BCUT2D eigenvalue weighted by Crippen LogP contribution is -2.47. The van der Waals surface area contributed by atoms with Crippen molar-refractivity contribution < 1.29 is 18.8 Å². The molecule has 0 unspecified atom stereocenters. The van der Waals surface area contributed by atoms with Gasteiger partial charge in [0.1, 0.15) is 17.9 Å². The Balaban J connectivity index is 1.09. The Labute approximate surface area is 303 Å². The second-order valence-corrected chi connectivity index (χ2v) is 14.4. The summed E-state index contributed by atoms with van der Waals surface area (Å²) < 4.78 is 6.32. The van der Waals surface area contributed by atoms with Crippen molar-refractivity contribution in [3.63, 3.8) is 0 Å². The van der Waals surface area contributed by atoms with Gasteiger partial charge in [-0.05, 0) is 102 Å². The summed E-state index contributed by atoms with van der Waals surface area (Å²) in [4.78, 5) is 60.2. The highest BCUT2D eigenvalue weighted by Gasteiger charge is 2.37. The van der Waals surface area contributed by atoms with E-state index in [9.17, 15) is 14.4 Å². The van der Waals surface area contributed by atoms with E-state index < -0.39 is 6.04 Å². The monoisotopic (exact) mass is 702 g/mol. The van der Waals surface area contributed by atoms with E-state index in [-0.39, 0.29) is 36.3 Å². The maximum absolute atomic E-state index is 14.0.